The van der Waals surface area contributed by atoms with E-state index in [1.165, 1.54) is 32.8 Å². The lowest BCUT2D eigenvalue weighted by atomic mass is 9.97. The Kier molecular flexibility index (Phi) is 13.7. The quantitative estimate of drug-likeness (QED) is 0.489. The summed E-state index contributed by atoms with van der Waals surface area (Å²) in [6, 6.07) is 3.29. The molecule has 4 nitrogen and oxygen atoms in total. The van der Waals surface area contributed by atoms with Gasteiger partial charge in [-0.1, -0.05) is 59.3 Å². The van der Waals surface area contributed by atoms with Gasteiger partial charge < -0.3 is 14.9 Å². The van der Waals surface area contributed by atoms with Crippen LogP contribution in [0.5, 0.6) is 11.5 Å². The summed E-state index contributed by atoms with van der Waals surface area (Å²) in [6.45, 7) is 8.05. The molecule has 0 fully saturated rings. The molecule has 0 amide bonds. The number of phenolic OH excluding ortho intramolecular Hbond substituents is 1. The maximum Gasteiger partial charge on any atom is 0.161 e. The predicted molar refractivity (Wildman–Crippen MR) is 108 cm³/mol. The average molecular weight is 367 g/mol. The Labute approximate surface area is 159 Å². The van der Waals surface area contributed by atoms with E-state index in [1.807, 2.05) is 20.8 Å². The molecule has 1 aromatic rings. The van der Waals surface area contributed by atoms with Gasteiger partial charge >= 0.3 is 0 Å². The summed E-state index contributed by atoms with van der Waals surface area (Å²) in [4.78, 5) is 12.1. The minimum Gasteiger partial charge on any atom is -0.504 e. The van der Waals surface area contributed by atoms with E-state index < -0.39 is 6.10 Å². The minimum absolute atomic E-state index is 0.0719. The number of benzene rings is 1. The number of ether oxygens (including phenoxy) is 1. The number of aliphatic hydroxyl groups excluding tert-OH is 1. The molecule has 0 spiro atoms. The number of phenols is 1. The standard InChI is InChI=1S/C20H32O4.C2H6/c1-4-5-6-7-8-9-10-11-17(21)18(22)13-16-14-20(24-3)19(23)12-15(16)2;1-2/h12,14,18,22-23H,4-11,13H2,1-3H3;1-2H3. The van der Waals surface area contributed by atoms with E-state index in [0.29, 0.717) is 12.2 Å². The highest BCUT2D eigenvalue weighted by molar-refractivity contribution is 5.83. The molecular weight excluding hydrogens is 328 g/mol. The molecule has 0 bridgehead atoms. The molecule has 0 aromatic heterocycles. The zero-order valence-electron chi connectivity index (χ0n) is 17.3. The van der Waals surface area contributed by atoms with Crippen molar-refractivity contribution in [3.63, 3.8) is 0 Å². The topological polar surface area (TPSA) is 66.8 Å². The molecule has 1 unspecified atom stereocenters. The number of carbonyl (C=O) groups is 1. The molecular formula is C22H38O4. The minimum atomic E-state index is -0.988. The van der Waals surface area contributed by atoms with E-state index in [9.17, 15) is 15.0 Å². The van der Waals surface area contributed by atoms with Crippen molar-refractivity contribution >= 4 is 5.78 Å². The van der Waals surface area contributed by atoms with E-state index in [4.69, 9.17) is 4.74 Å². The first-order valence-electron chi connectivity index (χ1n) is 10.1. The molecule has 2 N–H and O–H groups in total. The smallest absolute Gasteiger partial charge is 0.161 e. The second-order valence-electron chi connectivity index (χ2n) is 6.51. The fourth-order valence-electron chi connectivity index (χ4n) is 2.84. The van der Waals surface area contributed by atoms with Gasteiger partial charge in [-0.05, 0) is 36.6 Å². The summed E-state index contributed by atoms with van der Waals surface area (Å²) in [5.41, 5.74) is 1.67. The molecule has 0 radical (unpaired) electrons. The Morgan fingerprint density at radius 2 is 1.65 bits per heavy atom. The summed E-state index contributed by atoms with van der Waals surface area (Å²) in [5, 5.41) is 19.9. The normalized spacial score (nSPS) is 11.5. The molecule has 26 heavy (non-hydrogen) atoms. The summed E-state index contributed by atoms with van der Waals surface area (Å²) in [5.74, 6) is 0.333. The van der Waals surface area contributed by atoms with Crippen LogP contribution in [-0.2, 0) is 11.2 Å². The fraction of sp³-hybridized carbons (Fsp3) is 0.682. The second-order valence-corrected chi connectivity index (χ2v) is 6.51. The van der Waals surface area contributed by atoms with E-state index >= 15 is 0 Å². The first-order chi connectivity index (χ1) is 12.5. The third kappa shape index (κ3) is 9.23. The van der Waals surface area contributed by atoms with Gasteiger partial charge in [0.05, 0.1) is 7.11 Å². The second kappa shape index (κ2) is 14.6. The molecule has 150 valence electrons. The number of aryl methyl sites for hydroxylation is 1. The van der Waals surface area contributed by atoms with Crippen LogP contribution in [0.4, 0.5) is 0 Å². The number of Topliss-reactive ketones (excluding diaryl/α,β-unsaturated/α-hetero) is 1. The maximum atomic E-state index is 12.1. The lowest BCUT2D eigenvalue weighted by molar-refractivity contribution is -0.127. The Morgan fingerprint density at radius 3 is 2.23 bits per heavy atom. The number of aromatic hydroxyl groups is 1. The van der Waals surface area contributed by atoms with Crippen molar-refractivity contribution in [2.24, 2.45) is 0 Å². The summed E-state index contributed by atoms with van der Waals surface area (Å²) in [6.07, 6.45) is 7.80. The van der Waals surface area contributed by atoms with Crippen LogP contribution in [0.1, 0.15) is 83.3 Å². The summed E-state index contributed by atoms with van der Waals surface area (Å²) < 4.78 is 5.09. The van der Waals surface area contributed by atoms with Crippen LogP contribution in [0.2, 0.25) is 0 Å². The first-order valence-corrected chi connectivity index (χ1v) is 10.1. The van der Waals surface area contributed by atoms with Crippen LogP contribution >= 0.6 is 0 Å². The molecule has 1 rings (SSSR count). The predicted octanol–water partition coefficient (Wildman–Crippen LogP) is 5.35. The molecule has 0 aliphatic carbocycles. The average Bonchev–Trinajstić information content (AvgIpc) is 2.64. The molecule has 4 heteroatoms. The van der Waals surface area contributed by atoms with Crippen molar-refractivity contribution in [2.75, 3.05) is 7.11 Å². The molecule has 1 aromatic carbocycles. The fourth-order valence-corrected chi connectivity index (χ4v) is 2.84. The number of ketones is 1. The van der Waals surface area contributed by atoms with Gasteiger partial charge in [0.15, 0.2) is 17.3 Å². The first kappa shape index (κ1) is 24.5. The highest BCUT2D eigenvalue weighted by Crippen LogP contribution is 2.29. The van der Waals surface area contributed by atoms with Crippen molar-refractivity contribution in [1.82, 2.24) is 0 Å². The van der Waals surface area contributed by atoms with Gasteiger partial charge in [-0.2, -0.15) is 0 Å². The van der Waals surface area contributed by atoms with Gasteiger partial charge in [-0.25, -0.2) is 0 Å². The maximum absolute atomic E-state index is 12.1. The van der Waals surface area contributed by atoms with Crippen LogP contribution in [-0.4, -0.2) is 29.2 Å². The van der Waals surface area contributed by atoms with E-state index in [0.717, 1.165) is 30.4 Å². The third-order valence-electron chi connectivity index (χ3n) is 4.45. The molecule has 1 atom stereocenters. The van der Waals surface area contributed by atoms with Crippen LogP contribution in [0.3, 0.4) is 0 Å². The van der Waals surface area contributed by atoms with Crippen LogP contribution in [0, 0.1) is 6.92 Å². The third-order valence-corrected chi connectivity index (χ3v) is 4.45. The zero-order chi connectivity index (χ0) is 19.9. The van der Waals surface area contributed by atoms with Gasteiger partial charge in [0.25, 0.3) is 0 Å². The lowest BCUT2D eigenvalue weighted by Crippen LogP contribution is -2.23. The van der Waals surface area contributed by atoms with E-state index in [-0.39, 0.29) is 18.0 Å². The zero-order valence-corrected chi connectivity index (χ0v) is 17.3. The number of unbranched alkanes of at least 4 members (excludes halogenated alkanes) is 6. The van der Waals surface area contributed by atoms with Gasteiger partial charge in [-0.15, -0.1) is 0 Å². The Balaban J connectivity index is 0.00000301. The van der Waals surface area contributed by atoms with Crippen molar-refractivity contribution in [1.29, 1.82) is 0 Å². The van der Waals surface area contributed by atoms with Gasteiger partial charge in [0.1, 0.15) is 6.10 Å². The highest BCUT2D eigenvalue weighted by Gasteiger charge is 2.17. The van der Waals surface area contributed by atoms with Crippen LogP contribution in [0.15, 0.2) is 12.1 Å². The van der Waals surface area contributed by atoms with Gasteiger partial charge in [0, 0.05) is 12.8 Å². The number of rotatable bonds is 12. The van der Waals surface area contributed by atoms with E-state index in [2.05, 4.69) is 6.92 Å². The van der Waals surface area contributed by atoms with Gasteiger partial charge in [-0.3, -0.25) is 4.79 Å². The largest absolute Gasteiger partial charge is 0.504 e. The monoisotopic (exact) mass is 366 g/mol. The summed E-state index contributed by atoms with van der Waals surface area (Å²) in [7, 11) is 1.48. The van der Waals surface area contributed by atoms with Crippen LogP contribution < -0.4 is 4.74 Å². The molecule has 0 aliphatic heterocycles. The molecule has 0 saturated carbocycles. The molecule has 0 heterocycles. The van der Waals surface area contributed by atoms with Gasteiger partial charge in [0.2, 0.25) is 0 Å². The number of methoxy groups -OCH3 is 1. The highest BCUT2D eigenvalue weighted by atomic mass is 16.5. The van der Waals surface area contributed by atoms with Crippen molar-refractivity contribution in [2.45, 2.75) is 91.6 Å². The Bertz CT molecular complexity index is 511. The molecule has 0 aliphatic rings. The lowest BCUT2D eigenvalue weighted by Gasteiger charge is -2.14. The van der Waals surface area contributed by atoms with E-state index in [1.54, 1.807) is 12.1 Å². The Morgan fingerprint density at radius 1 is 1.08 bits per heavy atom. The van der Waals surface area contributed by atoms with Crippen molar-refractivity contribution in [3.05, 3.63) is 23.3 Å². The Hall–Kier alpha value is -1.55. The number of carbonyl (C=O) groups excluding carboxylic acids is 1. The van der Waals surface area contributed by atoms with Crippen molar-refractivity contribution in [3.8, 4) is 11.5 Å². The SMILES string of the molecule is CC.CCCCCCCCCC(=O)C(O)Cc1cc(OC)c(O)cc1C. The van der Waals surface area contributed by atoms with Crippen LogP contribution in [0.25, 0.3) is 0 Å². The number of hydrogen-bond acceptors (Lipinski definition) is 4. The van der Waals surface area contributed by atoms with Crippen molar-refractivity contribution < 1.29 is 19.7 Å². The number of hydrogen-bond donors (Lipinski definition) is 2. The molecule has 0 saturated heterocycles. The number of aliphatic hydroxyl groups is 1. The summed E-state index contributed by atoms with van der Waals surface area (Å²) >= 11 is 0.